The van der Waals surface area contributed by atoms with Crippen molar-refractivity contribution < 1.29 is 0 Å². The van der Waals surface area contributed by atoms with Crippen molar-refractivity contribution in [2.45, 2.75) is 48.1 Å². The van der Waals surface area contributed by atoms with E-state index in [1.54, 1.807) is 0 Å². The molecular weight excluding hydrogens is 811 g/mol. The lowest BCUT2D eigenvalue weighted by atomic mass is 10.0. The zero-order valence-electron chi connectivity index (χ0n) is 39.6. The van der Waals surface area contributed by atoms with E-state index >= 15 is 0 Å². The first-order valence-corrected chi connectivity index (χ1v) is 23.6. The molecule has 3 heteroatoms. The molecule has 0 fully saturated rings. The third kappa shape index (κ3) is 9.69. The molecule has 2 aromatic heterocycles. The number of hydrogen-bond acceptors (Lipinski definition) is 1. The number of rotatable bonds is 8. The van der Waals surface area contributed by atoms with E-state index in [1.807, 2.05) is 58.9 Å². The fourth-order valence-electron chi connectivity index (χ4n) is 8.79. The molecule has 67 heavy (non-hydrogen) atoms. The molecule has 3 nitrogen and oxygen atoms in total. The highest BCUT2D eigenvalue weighted by Gasteiger charge is 2.16. The Morgan fingerprint density at radius 3 is 1.31 bits per heavy atom. The summed E-state index contributed by atoms with van der Waals surface area (Å²) in [6.45, 7) is 16.6. The van der Waals surface area contributed by atoms with Gasteiger partial charge in [0.2, 0.25) is 0 Å². The van der Waals surface area contributed by atoms with E-state index in [1.165, 1.54) is 82.7 Å². The summed E-state index contributed by atoms with van der Waals surface area (Å²) in [4.78, 5) is 4.92. The maximum absolute atomic E-state index is 4.92. The Bertz CT molecular complexity index is 3430. The van der Waals surface area contributed by atoms with Crippen molar-refractivity contribution in [2.24, 2.45) is 4.99 Å². The van der Waals surface area contributed by atoms with Crippen LogP contribution in [0.1, 0.15) is 58.2 Å². The number of para-hydroxylation sites is 3. The minimum absolute atomic E-state index is 0.644. The Hall–Kier alpha value is -8.01. The van der Waals surface area contributed by atoms with Crippen molar-refractivity contribution >= 4 is 54.9 Å². The van der Waals surface area contributed by atoms with Gasteiger partial charge in [0, 0.05) is 38.6 Å². The van der Waals surface area contributed by atoms with Crippen molar-refractivity contribution in [1.82, 2.24) is 9.13 Å². The number of hydrogen-bond donors (Lipinski definition) is 0. The van der Waals surface area contributed by atoms with E-state index in [0.29, 0.717) is 6.54 Å². The molecule has 0 amide bonds. The van der Waals surface area contributed by atoms with Crippen molar-refractivity contribution in [3.05, 3.63) is 248 Å². The second-order valence-corrected chi connectivity index (χ2v) is 16.2. The highest BCUT2D eigenvalue weighted by Crippen LogP contribution is 2.37. The Morgan fingerprint density at radius 1 is 0.373 bits per heavy atom. The number of aromatic nitrogens is 2. The van der Waals surface area contributed by atoms with Gasteiger partial charge in [0.25, 0.3) is 0 Å². The summed E-state index contributed by atoms with van der Waals surface area (Å²) in [5, 5.41) is 5.03. The van der Waals surface area contributed by atoms with Gasteiger partial charge in [0.15, 0.2) is 0 Å². The molecule has 0 bridgehead atoms. The van der Waals surface area contributed by atoms with Crippen LogP contribution in [-0.2, 0) is 6.54 Å². The van der Waals surface area contributed by atoms with Gasteiger partial charge in [-0.15, -0.1) is 0 Å². The predicted molar refractivity (Wildman–Crippen MR) is 292 cm³/mol. The van der Waals surface area contributed by atoms with Gasteiger partial charge < -0.3 is 9.13 Å². The second-order valence-electron chi connectivity index (χ2n) is 16.2. The first kappa shape index (κ1) is 45.6. The molecule has 0 radical (unpaired) electrons. The van der Waals surface area contributed by atoms with Crippen LogP contribution in [0.2, 0.25) is 0 Å². The maximum Gasteiger partial charge on any atom is 0.0643 e. The first-order valence-electron chi connectivity index (χ1n) is 23.6. The molecule has 330 valence electrons. The van der Waals surface area contributed by atoms with Crippen molar-refractivity contribution in [3.63, 3.8) is 0 Å². The molecule has 0 unspecified atom stereocenters. The zero-order valence-corrected chi connectivity index (χ0v) is 39.6. The molecular formula is C64H59N3. The minimum atomic E-state index is 0.644. The Labute approximate surface area is 396 Å². The number of aliphatic imine (C=N–C) groups is 1. The summed E-state index contributed by atoms with van der Waals surface area (Å²) in [6.07, 6.45) is 0. The van der Waals surface area contributed by atoms with Gasteiger partial charge in [-0.05, 0) is 107 Å². The third-order valence-electron chi connectivity index (χ3n) is 12.0. The lowest BCUT2D eigenvalue weighted by molar-refractivity contribution is 1.07. The molecule has 0 aliphatic heterocycles. The quantitative estimate of drug-likeness (QED) is 0.136. The molecule has 0 N–H and O–H groups in total. The Balaban J connectivity index is 0.000000414. The number of fused-ring (bicyclic) bond motifs is 6. The van der Waals surface area contributed by atoms with Crippen LogP contribution >= 0.6 is 0 Å². The van der Waals surface area contributed by atoms with Crippen LogP contribution < -0.4 is 0 Å². The van der Waals surface area contributed by atoms with E-state index in [2.05, 4.69) is 223 Å². The minimum Gasteiger partial charge on any atom is -0.309 e. The Kier molecular flexibility index (Phi) is 14.5. The molecule has 9 aromatic carbocycles. The van der Waals surface area contributed by atoms with Gasteiger partial charge in [0.1, 0.15) is 0 Å². The smallest absolute Gasteiger partial charge is 0.0643 e. The van der Waals surface area contributed by atoms with Crippen LogP contribution in [0, 0.1) is 0 Å². The van der Waals surface area contributed by atoms with Crippen LogP contribution in [0.15, 0.2) is 236 Å². The molecule has 0 aliphatic rings. The average Bonchev–Trinajstić information content (AvgIpc) is 3.92. The SMILES string of the molecule is C=C(C)c1ccccc1.CC.CC.CC(=NCc1cccc(-c2ccc3c4ccccc4n(-c4ccc(-c5ccc6c7ccccc7n(-c7ccccc7)c6c5)cc4)c3c2)c1)c1ccccc1. The van der Waals surface area contributed by atoms with Gasteiger partial charge >= 0.3 is 0 Å². The summed E-state index contributed by atoms with van der Waals surface area (Å²) < 4.78 is 4.79. The van der Waals surface area contributed by atoms with Gasteiger partial charge in [-0.25, -0.2) is 0 Å². The van der Waals surface area contributed by atoms with Crippen molar-refractivity contribution in [1.29, 1.82) is 0 Å². The van der Waals surface area contributed by atoms with Crippen LogP contribution in [0.3, 0.4) is 0 Å². The number of allylic oxidation sites excluding steroid dienone is 1. The van der Waals surface area contributed by atoms with Crippen molar-refractivity contribution in [3.8, 4) is 33.6 Å². The summed E-state index contributed by atoms with van der Waals surface area (Å²) in [6, 6.07) is 80.2. The largest absolute Gasteiger partial charge is 0.309 e. The third-order valence-corrected chi connectivity index (χ3v) is 12.0. The van der Waals surface area contributed by atoms with E-state index < -0.39 is 0 Å². The molecule has 0 saturated heterocycles. The van der Waals surface area contributed by atoms with Gasteiger partial charge in [-0.3, -0.25) is 4.99 Å². The van der Waals surface area contributed by atoms with E-state index in [9.17, 15) is 0 Å². The van der Waals surface area contributed by atoms with Crippen LogP contribution in [0.5, 0.6) is 0 Å². The number of nitrogens with zero attached hydrogens (tertiary/aromatic N) is 3. The molecule has 11 rings (SSSR count). The van der Waals surface area contributed by atoms with E-state index in [0.717, 1.165) is 22.5 Å². The van der Waals surface area contributed by atoms with Gasteiger partial charge in [-0.1, -0.05) is 210 Å². The van der Waals surface area contributed by atoms with E-state index in [-0.39, 0.29) is 0 Å². The summed E-state index contributed by atoms with van der Waals surface area (Å²) in [7, 11) is 0. The Morgan fingerprint density at radius 2 is 0.791 bits per heavy atom. The normalized spacial score (nSPS) is 11.0. The standard InChI is InChI=1S/C51H37N3.C9H10.2C2H6/c1-35(37-14-4-2-5-15-37)52-34-36-13-12-16-39(31-36)41-26-30-47-45-20-9-11-22-49(45)54(51(47)33-41)43-27-23-38(24-28-43)40-25-29-46-44-19-8-10-21-48(44)53(50(46)32-40)42-17-6-3-7-18-42;1-8(2)9-6-4-3-5-7-9;2*1-2/h2-33H,34H2,1H3;3-7H,1H2,2H3;2*1-2H3. The molecule has 2 heterocycles. The van der Waals surface area contributed by atoms with Crippen LogP contribution in [0.4, 0.5) is 0 Å². The second kappa shape index (κ2) is 21.3. The molecule has 11 aromatic rings. The molecule has 0 aliphatic carbocycles. The summed E-state index contributed by atoms with van der Waals surface area (Å²) in [5.41, 5.74) is 17.6. The lowest BCUT2D eigenvalue weighted by Crippen LogP contribution is -1.95. The van der Waals surface area contributed by atoms with Crippen molar-refractivity contribution in [2.75, 3.05) is 0 Å². The highest BCUT2D eigenvalue weighted by atomic mass is 15.0. The summed E-state index contributed by atoms with van der Waals surface area (Å²) >= 11 is 0. The average molecular weight is 870 g/mol. The molecule has 0 atom stereocenters. The topological polar surface area (TPSA) is 22.2 Å². The van der Waals surface area contributed by atoms with Crippen LogP contribution in [0.25, 0.3) is 82.8 Å². The van der Waals surface area contributed by atoms with Crippen LogP contribution in [-0.4, -0.2) is 14.8 Å². The summed E-state index contributed by atoms with van der Waals surface area (Å²) in [5.74, 6) is 0. The fraction of sp³-hybridized carbons (Fsp3) is 0.109. The van der Waals surface area contributed by atoms with Gasteiger partial charge in [0.05, 0.1) is 28.6 Å². The molecule has 0 spiro atoms. The highest BCUT2D eigenvalue weighted by molar-refractivity contribution is 6.11. The zero-order chi connectivity index (χ0) is 46.7. The first-order chi connectivity index (χ1) is 33.0. The van der Waals surface area contributed by atoms with E-state index in [4.69, 9.17) is 4.99 Å². The lowest BCUT2D eigenvalue weighted by Gasteiger charge is -2.11. The monoisotopic (exact) mass is 869 g/mol. The predicted octanol–water partition coefficient (Wildman–Crippen LogP) is 18.0. The van der Waals surface area contributed by atoms with Gasteiger partial charge in [-0.2, -0.15) is 0 Å². The fourth-order valence-corrected chi connectivity index (χ4v) is 8.79. The maximum atomic E-state index is 4.92. The number of benzene rings is 9. The molecule has 0 saturated carbocycles.